The van der Waals surface area contributed by atoms with E-state index in [1.54, 1.807) is 24.3 Å². The van der Waals surface area contributed by atoms with Gasteiger partial charge in [-0.05, 0) is 22.9 Å². The molecule has 0 aliphatic heterocycles. The molecule has 0 heterocycles. The molecule has 0 aliphatic rings. The quantitative estimate of drug-likeness (QED) is 0.490. The molecule has 3 aromatic carbocycles. The summed E-state index contributed by atoms with van der Waals surface area (Å²) in [5, 5.41) is 1.90. The van der Waals surface area contributed by atoms with Gasteiger partial charge in [0.2, 0.25) is 20.7 Å². The molecule has 0 aliphatic carbocycles. The van der Waals surface area contributed by atoms with E-state index in [4.69, 9.17) is 0 Å². The third kappa shape index (κ3) is 4.30. The predicted molar refractivity (Wildman–Crippen MR) is 105 cm³/mol. The Kier molecular flexibility index (Phi) is 5.25. The highest BCUT2D eigenvalue weighted by Gasteiger charge is 2.27. The molecule has 128 valence electrons. The number of fused-ring (bicyclic) bond motifs is 1. The number of carbonyl (C=O) groups is 1. The van der Waals surface area contributed by atoms with E-state index in [9.17, 15) is 13.2 Å². The van der Waals surface area contributed by atoms with Crippen LogP contribution in [0.3, 0.4) is 0 Å². The van der Waals surface area contributed by atoms with Gasteiger partial charge in [0.25, 0.3) is 0 Å². The van der Waals surface area contributed by atoms with Crippen molar-refractivity contribution in [3.05, 3.63) is 78.4 Å². The third-order valence-corrected chi connectivity index (χ3v) is 8.49. The molecule has 0 saturated carbocycles. The van der Waals surface area contributed by atoms with E-state index in [0.29, 0.717) is 10.5 Å². The number of rotatable bonds is 6. The Labute approximate surface area is 151 Å². The second kappa shape index (κ2) is 7.42. The topological polar surface area (TPSA) is 51.2 Å². The van der Waals surface area contributed by atoms with Crippen molar-refractivity contribution in [1.29, 1.82) is 0 Å². The maximum atomic E-state index is 12.7. The van der Waals surface area contributed by atoms with Crippen molar-refractivity contribution in [3.63, 3.8) is 0 Å². The van der Waals surface area contributed by atoms with Crippen LogP contribution >= 0.6 is 0 Å². The molecule has 25 heavy (non-hydrogen) atoms. The van der Waals surface area contributed by atoms with Gasteiger partial charge in [0.15, 0.2) is 5.75 Å². The van der Waals surface area contributed by atoms with Crippen molar-refractivity contribution in [2.75, 3.05) is 17.1 Å². The minimum atomic E-state index is -3.42. The Hall–Kier alpha value is -2.11. The Morgan fingerprint density at radius 1 is 0.880 bits per heavy atom. The molecule has 0 fully saturated rings. The van der Waals surface area contributed by atoms with Crippen molar-refractivity contribution < 1.29 is 13.2 Å². The summed E-state index contributed by atoms with van der Waals surface area (Å²) in [7, 11) is -3.96. The first-order valence-corrected chi connectivity index (χ1v) is 11.5. The van der Waals surface area contributed by atoms with Gasteiger partial charge in [0.05, 0.1) is 11.2 Å². The first-order chi connectivity index (χ1) is 12.0. The molecular weight excluding hydrogens is 352 g/mol. The molecule has 0 radical (unpaired) electrons. The van der Waals surface area contributed by atoms with Crippen LogP contribution in [0, 0.1) is 0 Å². The van der Waals surface area contributed by atoms with E-state index >= 15 is 0 Å². The third-order valence-electron chi connectivity index (χ3n) is 3.91. The van der Waals surface area contributed by atoms with Gasteiger partial charge in [0.1, 0.15) is 0 Å². The zero-order chi connectivity index (χ0) is 17.9. The minimum absolute atomic E-state index is 0.0100. The molecule has 3 aromatic rings. The second-order valence-electron chi connectivity index (χ2n) is 5.96. The van der Waals surface area contributed by atoms with Gasteiger partial charge >= 0.3 is 0 Å². The molecule has 0 saturated heterocycles. The molecule has 0 aromatic heterocycles. The van der Waals surface area contributed by atoms with Gasteiger partial charge in [-0.1, -0.05) is 60.7 Å². The molecule has 0 bridgehead atoms. The highest BCUT2D eigenvalue weighted by molar-refractivity contribution is 8.10. The number of ketones is 1. The minimum Gasteiger partial charge on any atom is -0.289 e. The average molecular weight is 372 g/mol. The smallest absolute Gasteiger partial charge is 0.224 e. The number of carbonyl (C=O) groups excluding carboxylic acids is 1. The summed E-state index contributed by atoms with van der Waals surface area (Å²) >= 11 is 0. The van der Waals surface area contributed by atoms with Crippen molar-refractivity contribution in [2.45, 2.75) is 4.90 Å². The molecule has 5 heteroatoms. The van der Waals surface area contributed by atoms with Gasteiger partial charge in [-0.2, -0.15) is 0 Å². The number of hydrogen-bond acceptors (Lipinski definition) is 3. The maximum absolute atomic E-state index is 12.7. The van der Waals surface area contributed by atoms with Crippen molar-refractivity contribution >= 4 is 37.3 Å². The van der Waals surface area contributed by atoms with Gasteiger partial charge in [-0.25, -0.2) is 8.42 Å². The normalized spacial score (nSPS) is 12.8. The largest absolute Gasteiger partial charge is 0.289 e. The monoisotopic (exact) mass is 371 g/mol. The molecule has 0 spiro atoms. The lowest BCUT2D eigenvalue weighted by Gasteiger charge is -2.07. The van der Waals surface area contributed by atoms with Crippen LogP contribution in [-0.2, 0) is 20.7 Å². The van der Waals surface area contributed by atoms with Gasteiger partial charge in [-0.15, -0.1) is 0 Å². The van der Waals surface area contributed by atoms with Crippen LogP contribution in [0.15, 0.2) is 77.7 Å². The van der Waals surface area contributed by atoms with Crippen LogP contribution in [0.5, 0.6) is 0 Å². The van der Waals surface area contributed by atoms with Gasteiger partial charge in [-0.3, -0.25) is 4.79 Å². The zero-order valence-corrected chi connectivity index (χ0v) is 15.5. The average Bonchev–Trinajstić information content (AvgIpc) is 2.61. The summed E-state index contributed by atoms with van der Waals surface area (Å²) in [5.74, 6) is 0.233. The van der Waals surface area contributed by atoms with Crippen LogP contribution < -0.4 is 0 Å². The van der Waals surface area contributed by atoms with E-state index in [0.717, 1.165) is 10.8 Å². The van der Waals surface area contributed by atoms with E-state index < -0.39 is 20.7 Å². The summed E-state index contributed by atoms with van der Waals surface area (Å²) in [6.07, 6.45) is 1.83. The van der Waals surface area contributed by atoms with Crippen molar-refractivity contribution in [3.8, 4) is 0 Å². The summed E-state index contributed by atoms with van der Waals surface area (Å²) in [5.41, 5.74) is 0.630. The summed E-state index contributed by atoms with van der Waals surface area (Å²) < 4.78 is 25.4. The molecule has 1 atom stereocenters. The second-order valence-corrected chi connectivity index (χ2v) is 10.5. The standard InChI is InChI=1S/C20H19O3S2/c1-24(14-20(21)17-8-3-2-4-9-17)15-25(22,23)19-12-11-16-7-5-6-10-18(16)13-19/h2-13H,14-15H2,1H3/q+1. The van der Waals surface area contributed by atoms with Crippen molar-refractivity contribution in [1.82, 2.24) is 0 Å². The molecule has 0 N–H and O–H groups in total. The summed E-state index contributed by atoms with van der Waals surface area (Å²) in [6.45, 7) is 0. The predicted octanol–water partition coefficient (Wildman–Crippen LogP) is 3.70. The fourth-order valence-electron chi connectivity index (χ4n) is 2.67. The zero-order valence-electron chi connectivity index (χ0n) is 13.9. The Balaban J connectivity index is 1.74. The van der Waals surface area contributed by atoms with Crippen LogP contribution in [0.25, 0.3) is 10.8 Å². The molecule has 1 unspecified atom stereocenters. The van der Waals surface area contributed by atoms with Crippen LogP contribution in [0.1, 0.15) is 10.4 Å². The van der Waals surface area contributed by atoms with E-state index in [-0.39, 0.29) is 16.6 Å². The van der Waals surface area contributed by atoms with E-state index in [1.165, 1.54) is 0 Å². The number of hydrogen-bond donors (Lipinski definition) is 0. The fraction of sp³-hybridized carbons (Fsp3) is 0.150. The number of benzene rings is 3. The molecule has 0 amide bonds. The van der Waals surface area contributed by atoms with E-state index in [2.05, 4.69) is 0 Å². The summed E-state index contributed by atoms with van der Waals surface area (Å²) in [4.78, 5) is 12.6. The lowest BCUT2D eigenvalue weighted by Crippen LogP contribution is -2.23. The van der Waals surface area contributed by atoms with Gasteiger partial charge < -0.3 is 0 Å². The van der Waals surface area contributed by atoms with E-state index in [1.807, 2.05) is 54.8 Å². The molecule has 3 nitrogen and oxygen atoms in total. The first kappa shape index (κ1) is 17.7. The lowest BCUT2D eigenvalue weighted by atomic mass is 10.1. The highest BCUT2D eigenvalue weighted by atomic mass is 32.3. The Morgan fingerprint density at radius 2 is 1.52 bits per heavy atom. The lowest BCUT2D eigenvalue weighted by molar-refractivity contribution is 0.102. The van der Waals surface area contributed by atoms with Crippen LogP contribution in [-0.4, -0.2) is 31.3 Å². The van der Waals surface area contributed by atoms with Crippen LogP contribution in [0.4, 0.5) is 0 Å². The SMILES string of the molecule is C[S+](CC(=O)c1ccccc1)CS(=O)(=O)c1ccc2ccccc2c1. The van der Waals surface area contributed by atoms with Gasteiger partial charge in [0, 0.05) is 16.5 Å². The fourth-order valence-corrected chi connectivity index (χ4v) is 6.86. The number of Topliss-reactive ketones (excluding diaryl/α,β-unsaturated/α-hetero) is 1. The highest BCUT2D eigenvalue weighted by Crippen LogP contribution is 2.21. The number of sulfone groups is 1. The molecule has 3 rings (SSSR count). The summed E-state index contributed by atoms with van der Waals surface area (Å²) in [6, 6.07) is 21.9. The van der Waals surface area contributed by atoms with Crippen LogP contribution in [0.2, 0.25) is 0 Å². The first-order valence-electron chi connectivity index (χ1n) is 7.85. The maximum Gasteiger partial charge on any atom is 0.224 e. The molecular formula is C20H19O3S2+. The Morgan fingerprint density at radius 3 is 2.24 bits per heavy atom. The van der Waals surface area contributed by atoms with Crippen molar-refractivity contribution in [2.24, 2.45) is 0 Å². The Bertz CT molecular complexity index is 996.